The Morgan fingerprint density at radius 1 is 0.962 bits per heavy atom. The number of carbonyl (C=O) groups excluding carboxylic acids is 2. The maximum atomic E-state index is 12.3. The van der Waals surface area contributed by atoms with Crippen LogP contribution < -0.4 is 10.7 Å². The highest BCUT2D eigenvalue weighted by atomic mass is 32.1. The Labute approximate surface area is 154 Å². The van der Waals surface area contributed by atoms with Crippen LogP contribution in [0.15, 0.2) is 71.1 Å². The number of benzene rings is 2. The highest BCUT2D eigenvalue weighted by Gasteiger charge is 2.12. The molecule has 0 bridgehead atoms. The summed E-state index contributed by atoms with van der Waals surface area (Å²) < 4.78 is 0. The van der Waals surface area contributed by atoms with Crippen molar-refractivity contribution in [1.82, 2.24) is 10.4 Å². The standard InChI is InChI=1S/C19H16N4O2S/c1-13(24)20-19-21-16(12-26-19)18(25)23-22-17(14-8-4-2-5-9-14)15-10-6-3-7-11-15/h2-12H,1H3,(H,23,25)(H,20,21,24). The lowest BCUT2D eigenvalue weighted by atomic mass is 10.0. The molecule has 130 valence electrons. The third kappa shape index (κ3) is 4.40. The largest absolute Gasteiger partial charge is 0.302 e. The molecule has 7 heteroatoms. The first-order chi connectivity index (χ1) is 12.6. The average molecular weight is 364 g/mol. The maximum absolute atomic E-state index is 12.3. The van der Waals surface area contributed by atoms with Crippen LogP contribution in [0.5, 0.6) is 0 Å². The molecule has 0 radical (unpaired) electrons. The van der Waals surface area contributed by atoms with Crippen LogP contribution in [0.1, 0.15) is 28.5 Å². The highest BCUT2D eigenvalue weighted by Crippen LogP contribution is 2.15. The van der Waals surface area contributed by atoms with Crippen LogP contribution in [0.2, 0.25) is 0 Å². The van der Waals surface area contributed by atoms with Crippen molar-refractivity contribution >= 4 is 34.0 Å². The van der Waals surface area contributed by atoms with Gasteiger partial charge in [-0.15, -0.1) is 11.3 Å². The summed E-state index contributed by atoms with van der Waals surface area (Å²) >= 11 is 1.18. The summed E-state index contributed by atoms with van der Waals surface area (Å²) in [5.74, 6) is -0.679. The van der Waals surface area contributed by atoms with Crippen LogP contribution in [0.4, 0.5) is 5.13 Å². The second-order valence-corrected chi connectivity index (χ2v) is 6.21. The number of nitrogens with zero attached hydrogens (tertiary/aromatic N) is 2. The number of anilines is 1. The van der Waals surface area contributed by atoms with Crippen molar-refractivity contribution < 1.29 is 9.59 Å². The molecule has 3 rings (SSSR count). The van der Waals surface area contributed by atoms with Crippen LogP contribution in [0.3, 0.4) is 0 Å². The molecule has 0 aliphatic heterocycles. The molecule has 0 spiro atoms. The first kappa shape index (κ1) is 17.5. The number of nitrogens with one attached hydrogen (secondary N) is 2. The highest BCUT2D eigenvalue weighted by molar-refractivity contribution is 7.14. The average Bonchev–Trinajstić information content (AvgIpc) is 3.11. The van der Waals surface area contributed by atoms with Crippen molar-refractivity contribution in [3.63, 3.8) is 0 Å². The molecule has 6 nitrogen and oxygen atoms in total. The SMILES string of the molecule is CC(=O)Nc1nc(C(=O)NN=C(c2ccccc2)c2ccccc2)cs1. The zero-order valence-corrected chi connectivity index (χ0v) is 14.8. The Morgan fingerprint density at radius 3 is 2.08 bits per heavy atom. The molecule has 0 aliphatic rings. The number of carbonyl (C=O) groups is 2. The smallest absolute Gasteiger partial charge is 0.290 e. The molecule has 2 amide bonds. The van der Waals surface area contributed by atoms with Gasteiger partial charge >= 0.3 is 0 Å². The summed E-state index contributed by atoms with van der Waals surface area (Å²) in [4.78, 5) is 27.5. The summed E-state index contributed by atoms with van der Waals surface area (Å²) in [5, 5.41) is 8.80. The van der Waals surface area contributed by atoms with Gasteiger partial charge in [-0.1, -0.05) is 60.7 Å². The number of hydrazone groups is 1. The fourth-order valence-electron chi connectivity index (χ4n) is 2.24. The monoisotopic (exact) mass is 364 g/mol. The van der Waals surface area contributed by atoms with Crippen molar-refractivity contribution in [3.05, 3.63) is 82.9 Å². The normalized spacial score (nSPS) is 10.0. The van der Waals surface area contributed by atoms with Crippen molar-refractivity contribution in [2.24, 2.45) is 5.10 Å². The fourth-order valence-corrected chi connectivity index (χ4v) is 2.97. The Balaban J connectivity index is 1.83. The van der Waals surface area contributed by atoms with Gasteiger partial charge in [-0.2, -0.15) is 5.10 Å². The lowest BCUT2D eigenvalue weighted by Crippen LogP contribution is -2.21. The van der Waals surface area contributed by atoms with Crippen molar-refractivity contribution in [3.8, 4) is 0 Å². The van der Waals surface area contributed by atoms with Gasteiger partial charge in [0.1, 0.15) is 5.69 Å². The molecule has 0 saturated carbocycles. The molecule has 26 heavy (non-hydrogen) atoms. The third-order valence-corrected chi connectivity index (χ3v) is 4.14. The maximum Gasteiger partial charge on any atom is 0.290 e. The van der Waals surface area contributed by atoms with E-state index in [-0.39, 0.29) is 11.6 Å². The van der Waals surface area contributed by atoms with Gasteiger partial charge in [0.05, 0.1) is 5.71 Å². The molecule has 2 N–H and O–H groups in total. The summed E-state index contributed by atoms with van der Waals surface area (Å²) in [5.41, 5.74) is 5.16. The molecule has 1 heterocycles. The van der Waals surface area contributed by atoms with E-state index in [0.29, 0.717) is 10.8 Å². The van der Waals surface area contributed by atoms with Gasteiger partial charge < -0.3 is 5.32 Å². The van der Waals surface area contributed by atoms with Gasteiger partial charge in [0.25, 0.3) is 5.91 Å². The minimum Gasteiger partial charge on any atom is -0.302 e. The van der Waals surface area contributed by atoms with Gasteiger partial charge in [0, 0.05) is 23.4 Å². The zero-order chi connectivity index (χ0) is 18.4. The van der Waals surface area contributed by atoms with Gasteiger partial charge in [-0.25, -0.2) is 10.4 Å². The van der Waals surface area contributed by atoms with E-state index >= 15 is 0 Å². The number of thiazole rings is 1. The van der Waals surface area contributed by atoms with Crippen molar-refractivity contribution in [2.75, 3.05) is 5.32 Å². The van der Waals surface area contributed by atoms with E-state index in [1.54, 1.807) is 5.38 Å². The second kappa shape index (κ2) is 8.17. The molecule has 0 saturated heterocycles. The number of amides is 2. The van der Waals surface area contributed by atoms with E-state index in [4.69, 9.17) is 0 Å². The molecule has 3 aromatic rings. The molecule has 0 atom stereocenters. The van der Waals surface area contributed by atoms with E-state index in [0.717, 1.165) is 11.1 Å². The first-order valence-electron chi connectivity index (χ1n) is 7.85. The Hall–Kier alpha value is -3.32. The summed E-state index contributed by atoms with van der Waals surface area (Å²) in [6.45, 7) is 1.39. The molecule has 2 aromatic carbocycles. The van der Waals surface area contributed by atoms with E-state index < -0.39 is 5.91 Å². The van der Waals surface area contributed by atoms with Gasteiger partial charge in [-0.05, 0) is 0 Å². The topological polar surface area (TPSA) is 83.5 Å². The molecular formula is C19H16N4O2S. The van der Waals surface area contributed by atoms with E-state index in [9.17, 15) is 9.59 Å². The van der Waals surface area contributed by atoms with Gasteiger partial charge in [0.15, 0.2) is 5.13 Å². The van der Waals surface area contributed by atoms with Crippen LogP contribution in [-0.4, -0.2) is 22.5 Å². The summed E-state index contributed by atoms with van der Waals surface area (Å²) in [7, 11) is 0. The molecule has 1 aromatic heterocycles. The second-order valence-electron chi connectivity index (χ2n) is 5.35. The molecule has 0 unspecified atom stereocenters. The molecule has 0 fully saturated rings. The van der Waals surface area contributed by atoms with Gasteiger partial charge in [-0.3, -0.25) is 9.59 Å². The number of hydrogen-bond donors (Lipinski definition) is 2. The summed E-state index contributed by atoms with van der Waals surface area (Å²) in [6, 6.07) is 19.2. The van der Waals surface area contributed by atoms with E-state index in [1.165, 1.54) is 18.3 Å². The Morgan fingerprint density at radius 2 is 1.54 bits per heavy atom. The van der Waals surface area contributed by atoms with E-state index in [2.05, 4.69) is 20.8 Å². The van der Waals surface area contributed by atoms with Crippen LogP contribution >= 0.6 is 11.3 Å². The zero-order valence-electron chi connectivity index (χ0n) is 14.0. The summed E-state index contributed by atoms with van der Waals surface area (Å²) in [6.07, 6.45) is 0. The number of aromatic nitrogens is 1. The Bertz CT molecular complexity index is 895. The van der Waals surface area contributed by atoms with Crippen molar-refractivity contribution in [1.29, 1.82) is 0 Å². The Kier molecular flexibility index (Phi) is 5.50. The van der Waals surface area contributed by atoms with Crippen molar-refractivity contribution in [2.45, 2.75) is 6.92 Å². The van der Waals surface area contributed by atoms with Gasteiger partial charge in [0.2, 0.25) is 5.91 Å². The lowest BCUT2D eigenvalue weighted by Gasteiger charge is -2.07. The lowest BCUT2D eigenvalue weighted by molar-refractivity contribution is -0.114. The predicted molar refractivity (Wildman–Crippen MR) is 102 cm³/mol. The minimum absolute atomic E-state index is 0.197. The van der Waals surface area contributed by atoms with Crippen LogP contribution in [0.25, 0.3) is 0 Å². The fraction of sp³-hybridized carbons (Fsp3) is 0.0526. The third-order valence-electron chi connectivity index (χ3n) is 3.38. The molecule has 0 aliphatic carbocycles. The first-order valence-corrected chi connectivity index (χ1v) is 8.73. The number of rotatable bonds is 5. The number of hydrogen-bond acceptors (Lipinski definition) is 5. The predicted octanol–water partition coefficient (Wildman–Crippen LogP) is 3.28. The van der Waals surface area contributed by atoms with E-state index in [1.807, 2.05) is 60.7 Å². The quantitative estimate of drug-likeness (QED) is 0.538. The van der Waals surface area contributed by atoms with Crippen LogP contribution in [-0.2, 0) is 4.79 Å². The minimum atomic E-state index is -0.442. The molecular weight excluding hydrogens is 348 g/mol. The van der Waals surface area contributed by atoms with Crippen LogP contribution in [0, 0.1) is 0 Å².